The number of aliphatic carboxylic acids is 1. The fourth-order valence-corrected chi connectivity index (χ4v) is 3.14. The molecule has 0 saturated heterocycles. The molecule has 2 atom stereocenters. The Bertz CT molecular complexity index is 565. The van der Waals surface area contributed by atoms with Crippen LogP contribution >= 0.6 is 11.6 Å². The summed E-state index contributed by atoms with van der Waals surface area (Å²) < 4.78 is 0. The largest absolute Gasteiger partial charge is 0.481 e. The number of rotatable bonds is 5. The molecule has 0 radical (unpaired) electrons. The summed E-state index contributed by atoms with van der Waals surface area (Å²) in [5.74, 6) is -1.84. The van der Waals surface area contributed by atoms with Crippen LogP contribution in [-0.4, -0.2) is 23.5 Å². The van der Waals surface area contributed by atoms with Crippen molar-refractivity contribution in [1.29, 1.82) is 0 Å². The molecule has 2 fully saturated rings. The number of hydrogen-bond donors (Lipinski definition) is 2. The highest BCUT2D eigenvalue weighted by atomic mass is 35.5. The molecule has 3 rings (SSSR count). The van der Waals surface area contributed by atoms with Gasteiger partial charge in [0.15, 0.2) is 0 Å². The van der Waals surface area contributed by atoms with Gasteiger partial charge in [0, 0.05) is 17.0 Å². The van der Waals surface area contributed by atoms with Gasteiger partial charge in [-0.25, -0.2) is 0 Å². The number of carbonyl (C=O) groups is 2. The Morgan fingerprint density at radius 3 is 2.29 bits per heavy atom. The Morgan fingerprint density at radius 1 is 1.19 bits per heavy atom. The molecule has 0 spiro atoms. The zero-order valence-corrected chi connectivity index (χ0v) is 12.4. The Labute approximate surface area is 128 Å². The van der Waals surface area contributed by atoms with Gasteiger partial charge in [-0.15, -0.1) is 0 Å². The minimum Gasteiger partial charge on any atom is -0.481 e. The first-order chi connectivity index (χ1) is 10.0. The molecule has 1 aromatic carbocycles. The van der Waals surface area contributed by atoms with Gasteiger partial charge in [-0.1, -0.05) is 23.7 Å². The number of amides is 1. The SMILES string of the molecule is O=C(O)C1CCC1C(=O)NCC1(c2ccc(Cl)cc2)CC1. The molecule has 0 bridgehead atoms. The van der Waals surface area contributed by atoms with Crippen LogP contribution in [-0.2, 0) is 15.0 Å². The minimum atomic E-state index is -0.861. The molecule has 5 heteroatoms. The van der Waals surface area contributed by atoms with Gasteiger partial charge in [-0.3, -0.25) is 9.59 Å². The van der Waals surface area contributed by atoms with E-state index >= 15 is 0 Å². The van der Waals surface area contributed by atoms with E-state index in [2.05, 4.69) is 5.32 Å². The number of carbonyl (C=O) groups excluding carboxylic acids is 1. The molecular weight excluding hydrogens is 290 g/mol. The number of nitrogens with one attached hydrogen (secondary N) is 1. The van der Waals surface area contributed by atoms with Gasteiger partial charge >= 0.3 is 5.97 Å². The first-order valence-corrected chi connectivity index (χ1v) is 7.66. The maximum Gasteiger partial charge on any atom is 0.307 e. The second-order valence-corrected chi connectivity index (χ2v) is 6.57. The van der Waals surface area contributed by atoms with E-state index in [0.717, 1.165) is 12.8 Å². The van der Waals surface area contributed by atoms with Gasteiger partial charge in [-0.05, 0) is 43.4 Å². The normalized spacial score (nSPS) is 25.8. The van der Waals surface area contributed by atoms with Gasteiger partial charge in [-0.2, -0.15) is 0 Å². The lowest BCUT2D eigenvalue weighted by atomic mass is 9.73. The number of carboxylic acid groups (broad SMARTS) is 1. The van der Waals surface area contributed by atoms with E-state index in [-0.39, 0.29) is 17.2 Å². The summed E-state index contributed by atoms with van der Waals surface area (Å²) in [4.78, 5) is 23.1. The second-order valence-electron chi connectivity index (χ2n) is 6.13. The van der Waals surface area contributed by atoms with Crippen molar-refractivity contribution in [3.05, 3.63) is 34.9 Å². The van der Waals surface area contributed by atoms with Crippen molar-refractivity contribution in [3.8, 4) is 0 Å². The van der Waals surface area contributed by atoms with Crippen LogP contribution in [0.25, 0.3) is 0 Å². The third-order valence-electron chi connectivity index (χ3n) is 4.84. The van der Waals surface area contributed by atoms with Gasteiger partial charge in [0.1, 0.15) is 0 Å². The van der Waals surface area contributed by atoms with Crippen molar-refractivity contribution in [3.63, 3.8) is 0 Å². The first-order valence-electron chi connectivity index (χ1n) is 7.28. The van der Waals surface area contributed by atoms with Crippen molar-refractivity contribution in [2.75, 3.05) is 6.54 Å². The second kappa shape index (κ2) is 5.34. The van der Waals surface area contributed by atoms with Crippen molar-refractivity contribution in [1.82, 2.24) is 5.32 Å². The highest BCUT2D eigenvalue weighted by molar-refractivity contribution is 6.30. The predicted octanol–water partition coefficient (Wildman–Crippen LogP) is 2.60. The summed E-state index contributed by atoms with van der Waals surface area (Å²) in [7, 11) is 0. The van der Waals surface area contributed by atoms with E-state index in [1.165, 1.54) is 5.56 Å². The topological polar surface area (TPSA) is 66.4 Å². The van der Waals surface area contributed by atoms with E-state index in [0.29, 0.717) is 24.4 Å². The highest BCUT2D eigenvalue weighted by Crippen LogP contribution is 2.48. The predicted molar refractivity (Wildman–Crippen MR) is 79.2 cm³/mol. The van der Waals surface area contributed by atoms with Crippen molar-refractivity contribution < 1.29 is 14.7 Å². The van der Waals surface area contributed by atoms with Gasteiger partial charge in [0.05, 0.1) is 11.8 Å². The maximum absolute atomic E-state index is 12.1. The Hall–Kier alpha value is -1.55. The molecule has 2 unspecified atom stereocenters. The standard InChI is InChI=1S/C16H18ClNO3/c17-11-3-1-10(2-4-11)16(7-8-16)9-18-14(19)12-5-6-13(12)15(20)21/h1-4,12-13H,5-9H2,(H,18,19)(H,20,21). The van der Waals surface area contributed by atoms with Crippen molar-refractivity contribution >= 4 is 23.5 Å². The molecular formula is C16H18ClNO3. The molecule has 2 N–H and O–H groups in total. The molecule has 2 aliphatic rings. The van der Waals surface area contributed by atoms with Crippen molar-refractivity contribution in [2.24, 2.45) is 11.8 Å². The zero-order chi connectivity index (χ0) is 15.0. The molecule has 0 heterocycles. The number of benzene rings is 1. The monoisotopic (exact) mass is 307 g/mol. The van der Waals surface area contributed by atoms with Gasteiger partial charge < -0.3 is 10.4 Å². The Morgan fingerprint density at radius 2 is 1.81 bits per heavy atom. The Kier molecular flexibility index (Phi) is 3.66. The first kappa shape index (κ1) is 14.4. The maximum atomic E-state index is 12.1. The average Bonchev–Trinajstić information content (AvgIpc) is 3.16. The van der Waals surface area contributed by atoms with E-state index in [1.807, 2.05) is 24.3 Å². The van der Waals surface area contributed by atoms with E-state index in [1.54, 1.807) is 0 Å². The van der Waals surface area contributed by atoms with Crippen LogP contribution < -0.4 is 5.32 Å². The van der Waals surface area contributed by atoms with Gasteiger partial charge in [0.25, 0.3) is 0 Å². The molecule has 0 aliphatic heterocycles. The number of halogens is 1. The molecule has 4 nitrogen and oxygen atoms in total. The molecule has 1 aromatic rings. The lowest BCUT2D eigenvalue weighted by Gasteiger charge is -2.32. The molecule has 21 heavy (non-hydrogen) atoms. The van der Waals surface area contributed by atoms with Crippen LogP contribution in [0.15, 0.2) is 24.3 Å². The van der Waals surface area contributed by atoms with E-state index in [9.17, 15) is 9.59 Å². The highest BCUT2D eigenvalue weighted by Gasteiger charge is 2.46. The molecule has 2 aliphatic carbocycles. The summed E-state index contributed by atoms with van der Waals surface area (Å²) >= 11 is 5.90. The van der Waals surface area contributed by atoms with Crippen LogP contribution in [0.1, 0.15) is 31.2 Å². The van der Waals surface area contributed by atoms with Gasteiger partial charge in [0.2, 0.25) is 5.91 Å². The van der Waals surface area contributed by atoms with Crippen LogP contribution in [0.2, 0.25) is 5.02 Å². The van der Waals surface area contributed by atoms with Crippen LogP contribution in [0.4, 0.5) is 0 Å². The average molecular weight is 308 g/mol. The molecule has 1 amide bonds. The van der Waals surface area contributed by atoms with E-state index in [4.69, 9.17) is 16.7 Å². The third-order valence-corrected chi connectivity index (χ3v) is 5.09. The third kappa shape index (κ3) is 2.77. The summed E-state index contributed by atoms with van der Waals surface area (Å²) in [5, 5.41) is 12.7. The molecule has 0 aromatic heterocycles. The fourth-order valence-electron chi connectivity index (χ4n) is 3.02. The number of carboxylic acids is 1. The van der Waals surface area contributed by atoms with Crippen molar-refractivity contribution in [2.45, 2.75) is 31.1 Å². The zero-order valence-electron chi connectivity index (χ0n) is 11.6. The van der Waals surface area contributed by atoms with Crippen LogP contribution in [0.5, 0.6) is 0 Å². The molecule has 2 saturated carbocycles. The summed E-state index contributed by atoms with van der Waals surface area (Å²) in [6, 6.07) is 7.74. The Balaban J connectivity index is 1.59. The fraction of sp³-hybridized carbons (Fsp3) is 0.500. The minimum absolute atomic E-state index is 0.0166. The number of hydrogen-bond acceptors (Lipinski definition) is 2. The summed E-state index contributed by atoms with van der Waals surface area (Å²) in [6.45, 7) is 0.580. The quantitative estimate of drug-likeness (QED) is 0.878. The smallest absolute Gasteiger partial charge is 0.307 e. The lowest BCUT2D eigenvalue weighted by molar-refractivity contribution is -0.152. The summed E-state index contributed by atoms with van der Waals surface area (Å²) in [5.41, 5.74) is 1.21. The molecule has 112 valence electrons. The lowest BCUT2D eigenvalue weighted by Crippen LogP contribution is -2.45. The van der Waals surface area contributed by atoms with Crippen LogP contribution in [0, 0.1) is 11.8 Å². The summed E-state index contributed by atoms with van der Waals surface area (Å²) in [6.07, 6.45) is 3.37. The van der Waals surface area contributed by atoms with E-state index < -0.39 is 11.9 Å². The van der Waals surface area contributed by atoms with Crippen LogP contribution in [0.3, 0.4) is 0 Å².